The molecule has 88 valence electrons. The molecule has 16 heavy (non-hydrogen) atoms. The van der Waals surface area contributed by atoms with Crippen LogP contribution in [0.4, 0.5) is 0 Å². The first-order valence-corrected chi connectivity index (χ1v) is 5.04. The molecule has 0 saturated heterocycles. The van der Waals surface area contributed by atoms with Gasteiger partial charge in [-0.15, -0.1) is 0 Å². The Morgan fingerprint density at radius 3 is 2.69 bits per heavy atom. The fraction of sp³-hybridized carbons (Fsp3) is 0.455. The van der Waals surface area contributed by atoms with Crippen LogP contribution >= 0.6 is 0 Å². The minimum atomic E-state index is -0.941. The Morgan fingerprint density at radius 1 is 1.56 bits per heavy atom. The number of nitrogens with one attached hydrogen (secondary N) is 1. The smallest absolute Gasteiger partial charge is 0.305 e. The minimum Gasteiger partial charge on any atom is -0.481 e. The summed E-state index contributed by atoms with van der Waals surface area (Å²) in [6.45, 7) is 3.52. The first-order valence-electron chi connectivity index (χ1n) is 5.04. The van der Waals surface area contributed by atoms with Crippen LogP contribution in [0.1, 0.15) is 37.2 Å². The molecule has 1 aromatic rings. The molecular weight excluding hydrogens is 210 g/mol. The van der Waals surface area contributed by atoms with Crippen LogP contribution in [0.5, 0.6) is 0 Å². The maximum Gasteiger partial charge on any atom is 0.305 e. The maximum absolute atomic E-state index is 11.7. The molecule has 1 aromatic heterocycles. The Kier molecular flexibility index (Phi) is 3.71. The molecule has 0 aromatic carbocycles. The van der Waals surface area contributed by atoms with E-state index in [1.54, 1.807) is 13.0 Å². The molecule has 0 fully saturated rings. The second-order valence-corrected chi connectivity index (χ2v) is 3.92. The fourth-order valence-corrected chi connectivity index (χ4v) is 1.33. The molecule has 0 aliphatic carbocycles. The number of hydrogen-bond acceptors (Lipinski definition) is 3. The van der Waals surface area contributed by atoms with Gasteiger partial charge in [0.15, 0.2) is 5.76 Å². The van der Waals surface area contributed by atoms with Gasteiger partial charge in [-0.2, -0.15) is 0 Å². The molecule has 0 saturated carbocycles. The highest BCUT2D eigenvalue weighted by Crippen LogP contribution is 2.15. The second-order valence-electron chi connectivity index (χ2n) is 3.92. The van der Waals surface area contributed by atoms with Crippen LogP contribution in [0.3, 0.4) is 0 Å². The minimum absolute atomic E-state index is 0.115. The van der Waals surface area contributed by atoms with Gasteiger partial charge in [0, 0.05) is 5.54 Å². The summed E-state index contributed by atoms with van der Waals surface area (Å²) < 4.78 is 4.93. The number of carbonyl (C=O) groups is 2. The van der Waals surface area contributed by atoms with Gasteiger partial charge in [0.1, 0.15) is 0 Å². The Hall–Kier alpha value is -1.78. The molecule has 1 rings (SSSR count). The van der Waals surface area contributed by atoms with Crippen molar-refractivity contribution in [3.63, 3.8) is 0 Å². The third kappa shape index (κ3) is 3.12. The van der Waals surface area contributed by atoms with Crippen LogP contribution in [0.25, 0.3) is 0 Å². The largest absolute Gasteiger partial charge is 0.481 e. The normalized spacial score (nSPS) is 14.1. The highest BCUT2D eigenvalue weighted by Gasteiger charge is 2.28. The number of aliphatic carboxylic acids is 1. The van der Waals surface area contributed by atoms with E-state index in [2.05, 4.69) is 5.32 Å². The summed E-state index contributed by atoms with van der Waals surface area (Å²) in [5.41, 5.74) is -0.754. The van der Waals surface area contributed by atoms with Crippen LogP contribution in [0, 0.1) is 0 Å². The predicted molar refractivity (Wildman–Crippen MR) is 57.1 cm³/mol. The van der Waals surface area contributed by atoms with E-state index in [9.17, 15) is 9.59 Å². The van der Waals surface area contributed by atoms with Gasteiger partial charge in [-0.1, -0.05) is 6.92 Å². The van der Waals surface area contributed by atoms with Crippen LogP contribution in [0.15, 0.2) is 22.8 Å². The number of furan rings is 1. The summed E-state index contributed by atoms with van der Waals surface area (Å²) in [6, 6.07) is 3.14. The molecule has 0 aliphatic heterocycles. The van der Waals surface area contributed by atoms with E-state index in [1.807, 2.05) is 6.92 Å². The molecule has 1 amide bonds. The first-order chi connectivity index (χ1) is 7.47. The summed E-state index contributed by atoms with van der Waals surface area (Å²) in [5, 5.41) is 11.4. The van der Waals surface area contributed by atoms with Gasteiger partial charge in [0.05, 0.1) is 12.7 Å². The molecule has 1 atom stereocenters. The quantitative estimate of drug-likeness (QED) is 0.798. The lowest BCUT2D eigenvalue weighted by Crippen LogP contribution is -2.46. The molecule has 0 aliphatic rings. The second kappa shape index (κ2) is 4.83. The lowest BCUT2D eigenvalue weighted by molar-refractivity contribution is -0.138. The zero-order valence-corrected chi connectivity index (χ0v) is 9.32. The van der Waals surface area contributed by atoms with Gasteiger partial charge in [0.25, 0.3) is 5.91 Å². The van der Waals surface area contributed by atoms with E-state index in [1.165, 1.54) is 12.3 Å². The van der Waals surface area contributed by atoms with Crippen molar-refractivity contribution in [1.82, 2.24) is 5.32 Å². The third-order valence-corrected chi connectivity index (χ3v) is 2.48. The zero-order chi connectivity index (χ0) is 12.2. The number of amides is 1. The number of rotatable bonds is 5. The summed E-state index contributed by atoms with van der Waals surface area (Å²) in [7, 11) is 0. The van der Waals surface area contributed by atoms with E-state index < -0.39 is 17.4 Å². The molecule has 5 nitrogen and oxygen atoms in total. The molecule has 0 spiro atoms. The summed E-state index contributed by atoms with van der Waals surface area (Å²) in [6.07, 6.45) is 1.82. The van der Waals surface area contributed by atoms with E-state index in [0.29, 0.717) is 6.42 Å². The van der Waals surface area contributed by atoms with E-state index >= 15 is 0 Å². The van der Waals surface area contributed by atoms with Crippen LogP contribution in [-0.2, 0) is 4.79 Å². The van der Waals surface area contributed by atoms with Crippen molar-refractivity contribution in [3.05, 3.63) is 24.2 Å². The number of hydrogen-bond donors (Lipinski definition) is 2. The Balaban J connectivity index is 2.70. The number of carbonyl (C=O) groups excluding carboxylic acids is 1. The highest BCUT2D eigenvalue weighted by molar-refractivity contribution is 5.92. The highest BCUT2D eigenvalue weighted by atomic mass is 16.4. The summed E-state index contributed by atoms with van der Waals surface area (Å²) in [5.74, 6) is -1.15. The van der Waals surface area contributed by atoms with E-state index in [0.717, 1.165) is 0 Å². The van der Waals surface area contributed by atoms with Crippen LogP contribution < -0.4 is 5.32 Å². The molecule has 1 heterocycles. The summed E-state index contributed by atoms with van der Waals surface area (Å²) >= 11 is 0. The average Bonchev–Trinajstić information content (AvgIpc) is 2.69. The summed E-state index contributed by atoms with van der Waals surface area (Å²) in [4.78, 5) is 22.3. The molecule has 2 N–H and O–H groups in total. The first kappa shape index (κ1) is 12.3. The SMILES string of the molecule is CCC(C)(CC(=O)O)NC(=O)c1ccco1. The van der Waals surface area contributed by atoms with Gasteiger partial charge in [0.2, 0.25) is 0 Å². The van der Waals surface area contributed by atoms with Crippen LogP contribution in [0.2, 0.25) is 0 Å². The molecule has 5 heteroatoms. The van der Waals surface area contributed by atoms with Crippen molar-refractivity contribution in [2.75, 3.05) is 0 Å². The van der Waals surface area contributed by atoms with E-state index in [4.69, 9.17) is 9.52 Å². The average molecular weight is 225 g/mol. The topological polar surface area (TPSA) is 79.5 Å². The van der Waals surface area contributed by atoms with Crippen LogP contribution in [-0.4, -0.2) is 22.5 Å². The zero-order valence-electron chi connectivity index (χ0n) is 9.32. The lowest BCUT2D eigenvalue weighted by atomic mass is 9.94. The monoisotopic (exact) mass is 225 g/mol. The fourth-order valence-electron chi connectivity index (χ4n) is 1.33. The standard InChI is InChI=1S/C11H15NO4/c1-3-11(2,7-9(13)14)12-10(15)8-5-4-6-16-8/h4-6H,3,7H2,1-2H3,(H,12,15)(H,13,14). The van der Waals surface area contributed by atoms with Gasteiger partial charge in [-0.3, -0.25) is 9.59 Å². The van der Waals surface area contributed by atoms with Crippen molar-refractivity contribution in [1.29, 1.82) is 0 Å². The van der Waals surface area contributed by atoms with Gasteiger partial charge in [-0.05, 0) is 25.5 Å². The van der Waals surface area contributed by atoms with Crippen molar-refractivity contribution >= 4 is 11.9 Å². The van der Waals surface area contributed by atoms with Crippen molar-refractivity contribution in [3.8, 4) is 0 Å². The van der Waals surface area contributed by atoms with Gasteiger partial charge >= 0.3 is 5.97 Å². The van der Waals surface area contributed by atoms with E-state index in [-0.39, 0.29) is 12.2 Å². The molecule has 1 unspecified atom stereocenters. The molecular formula is C11H15NO4. The number of carboxylic acid groups (broad SMARTS) is 1. The maximum atomic E-state index is 11.7. The molecule has 0 bridgehead atoms. The number of carboxylic acids is 1. The van der Waals surface area contributed by atoms with Crippen molar-refractivity contribution in [2.24, 2.45) is 0 Å². The van der Waals surface area contributed by atoms with Gasteiger partial charge < -0.3 is 14.8 Å². The Bertz CT molecular complexity index is 371. The Morgan fingerprint density at radius 2 is 2.25 bits per heavy atom. The van der Waals surface area contributed by atoms with Crippen molar-refractivity contribution < 1.29 is 19.1 Å². The van der Waals surface area contributed by atoms with Gasteiger partial charge in [-0.25, -0.2) is 0 Å². The van der Waals surface area contributed by atoms with Crippen molar-refractivity contribution in [2.45, 2.75) is 32.2 Å². The Labute approximate surface area is 93.4 Å². The lowest BCUT2D eigenvalue weighted by Gasteiger charge is -2.27. The molecule has 0 radical (unpaired) electrons. The predicted octanol–water partition coefficient (Wildman–Crippen LogP) is 1.65. The third-order valence-electron chi connectivity index (χ3n) is 2.48.